The quantitative estimate of drug-likeness (QED) is 0.605. The van der Waals surface area contributed by atoms with E-state index in [1.807, 2.05) is 18.2 Å². The van der Waals surface area contributed by atoms with Crippen LogP contribution in [0, 0.1) is 0 Å². The van der Waals surface area contributed by atoms with Crippen molar-refractivity contribution in [2.75, 3.05) is 6.67 Å². The van der Waals surface area contributed by atoms with Crippen LogP contribution in [0.5, 0.6) is 0 Å². The van der Waals surface area contributed by atoms with Crippen LogP contribution < -0.4 is 16.8 Å². The van der Waals surface area contributed by atoms with Gasteiger partial charge in [0.05, 0.1) is 5.52 Å². The minimum absolute atomic E-state index is 0.426. The number of aromatic amines is 1. The molecule has 4 N–H and O–H groups in total. The Labute approximate surface area is 79.9 Å². The summed E-state index contributed by atoms with van der Waals surface area (Å²) in [5.74, 6) is -0.427. The Morgan fingerprint density at radius 1 is 1.50 bits per heavy atom. The second-order valence-electron chi connectivity index (χ2n) is 2.98. The first-order valence-electron chi connectivity index (χ1n) is 4.32. The molecule has 0 saturated carbocycles. The molecule has 0 unspecified atom stereocenters. The van der Waals surface area contributed by atoms with Crippen molar-refractivity contribution in [1.82, 2.24) is 10.3 Å². The second-order valence-corrected chi connectivity index (χ2v) is 2.98. The van der Waals surface area contributed by atoms with E-state index in [9.17, 15) is 4.79 Å². The normalized spacial score (nSPS) is 10.9. The van der Waals surface area contributed by atoms with Crippen molar-refractivity contribution in [3.8, 4) is 0 Å². The van der Waals surface area contributed by atoms with Crippen LogP contribution in [0.4, 0.5) is 0 Å². The van der Waals surface area contributed by atoms with Gasteiger partial charge in [-0.05, 0) is 17.7 Å². The maximum absolute atomic E-state index is 10.9. The van der Waals surface area contributed by atoms with E-state index >= 15 is 0 Å². The molecular formula is C9H11N3O2. The summed E-state index contributed by atoms with van der Waals surface area (Å²) in [6.45, 7) is 1.09. The van der Waals surface area contributed by atoms with Gasteiger partial charge in [0.25, 0.3) is 0 Å². The predicted octanol–water partition coefficient (Wildman–Crippen LogP) is 0.127. The van der Waals surface area contributed by atoms with E-state index in [0.29, 0.717) is 24.3 Å². The molecular weight excluding hydrogens is 182 g/mol. The lowest BCUT2D eigenvalue weighted by molar-refractivity contribution is 0.554. The highest BCUT2D eigenvalue weighted by molar-refractivity contribution is 5.72. The van der Waals surface area contributed by atoms with Gasteiger partial charge < -0.3 is 15.5 Å². The zero-order chi connectivity index (χ0) is 9.97. The fourth-order valence-corrected chi connectivity index (χ4v) is 1.32. The smallest absolute Gasteiger partial charge is 0.408 e. The molecule has 1 aromatic heterocycles. The Balaban J connectivity index is 2.35. The molecule has 2 aromatic rings. The zero-order valence-electron chi connectivity index (χ0n) is 7.54. The number of aromatic nitrogens is 1. The summed E-state index contributed by atoms with van der Waals surface area (Å²) < 4.78 is 4.92. The number of nitrogens with one attached hydrogen (secondary N) is 2. The van der Waals surface area contributed by atoms with E-state index in [-0.39, 0.29) is 0 Å². The van der Waals surface area contributed by atoms with Gasteiger partial charge in [-0.15, -0.1) is 0 Å². The van der Waals surface area contributed by atoms with Crippen LogP contribution in [0.15, 0.2) is 27.4 Å². The molecule has 0 saturated heterocycles. The van der Waals surface area contributed by atoms with Gasteiger partial charge in [-0.25, -0.2) is 4.79 Å². The molecule has 5 heteroatoms. The van der Waals surface area contributed by atoms with Gasteiger partial charge in [0.1, 0.15) is 0 Å². The van der Waals surface area contributed by atoms with Crippen LogP contribution in [-0.4, -0.2) is 11.7 Å². The third kappa shape index (κ3) is 1.68. The minimum Gasteiger partial charge on any atom is -0.408 e. The number of H-pyrrole nitrogens is 1. The summed E-state index contributed by atoms with van der Waals surface area (Å²) in [6, 6.07) is 5.54. The second kappa shape index (κ2) is 3.65. The number of nitrogens with two attached hydrogens (primary N) is 1. The molecule has 5 nitrogen and oxygen atoms in total. The maximum atomic E-state index is 10.9. The molecule has 1 aromatic carbocycles. The number of rotatable bonds is 3. The molecule has 0 bridgehead atoms. The third-order valence-corrected chi connectivity index (χ3v) is 1.96. The van der Waals surface area contributed by atoms with Crippen LogP contribution in [0.2, 0.25) is 0 Å². The molecule has 0 atom stereocenters. The average molecular weight is 193 g/mol. The lowest BCUT2D eigenvalue weighted by Gasteiger charge is -2.00. The fraction of sp³-hybridized carbons (Fsp3) is 0.222. The summed E-state index contributed by atoms with van der Waals surface area (Å²) in [6.07, 6.45) is 0. The monoisotopic (exact) mass is 193 g/mol. The molecule has 1 heterocycles. The summed E-state index contributed by atoms with van der Waals surface area (Å²) in [7, 11) is 0. The van der Waals surface area contributed by atoms with Gasteiger partial charge in [0.15, 0.2) is 5.58 Å². The first kappa shape index (κ1) is 8.98. The standard InChI is InChI=1S/C9H11N3O2/c10-5-11-4-6-1-2-7-8(3-6)14-9(13)12-7/h1-3,11H,4-5,10H2,(H,12,13). The molecule has 0 amide bonds. The molecule has 2 rings (SSSR count). The molecule has 14 heavy (non-hydrogen) atoms. The Bertz CT molecular complexity index is 486. The van der Waals surface area contributed by atoms with Gasteiger partial charge in [0.2, 0.25) is 0 Å². The Morgan fingerprint density at radius 2 is 2.36 bits per heavy atom. The van der Waals surface area contributed by atoms with Gasteiger partial charge >= 0.3 is 5.76 Å². The van der Waals surface area contributed by atoms with E-state index in [4.69, 9.17) is 10.2 Å². The van der Waals surface area contributed by atoms with Gasteiger partial charge in [-0.3, -0.25) is 4.98 Å². The molecule has 0 spiro atoms. The van der Waals surface area contributed by atoms with Crippen molar-refractivity contribution >= 4 is 11.1 Å². The van der Waals surface area contributed by atoms with Gasteiger partial charge in [-0.1, -0.05) is 6.07 Å². The highest BCUT2D eigenvalue weighted by atomic mass is 16.4. The van der Waals surface area contributed by atoms with E-state index in [2.05, 4.69) is 10.3 Å². The van der Waals surface area contributed by atoms with Crippen LogP contribution >= 0.6 is 0 Å². The molecule has 0 aliphatic rings. The van der Waals surface area contributed by atoms with Crippen molar-refractivity contribution in [3.63, 3.8) is 0 Å². The molecule has 74 valence electrons. The zero-order valence-corrected chi connectivity index (χ0v) is 7.54. The molecule has 0 aliphatic carbocycles. The Morgan fingerprint density at radius 3 is 3.14 bits per heavy atom. The van der Waals surface area contributed by atoms with E-state index in [1.54, 1.807) is 0 Å². The van der Waals surface area contributed by atoms with E-state index in [1.165, 1.54) is 0 Å². The first-order chi connectivity index (χ1) is 6.79. The molecule has 0 aliphatic heterocycles. The number of hydrogen-bond donors (Lipinski definition) is 3. The lowest BCUT2D eigenvalue weighted by Crippen LogP contribution is -2.21. The van der Waals surface area contributed by atoms with E-state index < -0.39 is 5.76 Å². The Hall–Kier alpha value is -1.59. The molecule has 0 fully saturated rings. The summed E-state index contributed by atoms with van der Waals surface area (Å²) in [5.41, 5.74) is 7.63. The fourth-order valence-electron chi connectivity index (χ4n) is 1.32. The SMILES string of the molecule is NCNCc1ccc2[nH]c(=O)oc2c1. The highest BCUT2D eigenvalue weighted by Gasteiger charge is 2.01. The summed E-state index contributed by atoms with van der Waals surface area (Å²) in [5, 5.41) is 2.98. The van der Waals surface area contributed by atoms with Crippen LogP contribution in [0.25, 0.3) is 11.1 Å². The number of hydrogen-bond acceptors (Lipinski definition) is 4. The van der Waals surface area contributed by atoms with E-state index in [0.717, 1.165) is 5.56 Å². The van der Waals surface area contributed by atoms with Crippen molar-refractivity contribution in [2.45, 2.75) is 6.54 Å². The number of benzene rings is 1. The summed E-state index contributed by atoms with van der Waals surface area (Å²) >= 11 is 0. The first-order valence-corrected chi connectivity index (χ1v) is 4.32. The highest BCUT2D eigenvalue weighted by Crippen LogP contribution is 2.11. The van der Waals surface area contributed by atoms with Crippen LogP contribution in [0.1, 0.15) is 5.56 Å². The van der Waals surface area contributed by atoms with Crippen LogP contribution in [-0.2, 0) is 6.54 Å². The van der Waals surface area contributed by atoms with Gasteiger partial charge in [0, 0.05) is 13.2 Å². The van der Waals surface area contributed by atoms with Crippen LogP contribution in [0.3, 0.4) is 0 Å². The van der Waals surface area contributed by atoms with Crippen molar-refractivity contribution in [1.29, 1.82) is 0 Å². The predicted molar refractivity (Wildman–Crippen MR) is 52.7 cm³/mol. The molecule has 0 radical (unpaired) electrons. The lowest BCUT2D eigenvalue weighted by atomic mass is 10.2. The largest absolute Gasteiger partial charge is 0.417 e. The van der Waals surface area contributed by atoms with Crippen molar-refractivity contribution in [3.05, 3.63) is 34.3 Å². The van der Waals surface area contributed by atoms with Gasteiger partial charge in [-0.2, -0.15) is 0 Å². The van der Waals surface area contributed by atoms with Crippen molar-refractivity contribution in [2.24, 2.45) is 5.73 Å². The topological polar surface area (TPSA) is 84.0 Å². The number of oxazole rings is 1. The number of fused-ring (bicyclic) bond motifs is 1. The summed E-state index contributed by atoms with van der Waals surface area (Å²) in [4.78, 5) is 13.4. The van der Waals surface area contributed by atoms with Crippen molar-refractivity contribution < 1.29 is 4.42 Å². The average Bonchev–Trinajstić information content (AvgIpc) is 2.54. The Kier molecular flexibility index (Phi) is 2.34. The third-order valence-electron chi connectivity index (χ3n) is 1.96. The minimum atomic E-state index is -0.427. The maximum Gasteiger partial charge on any atom is 0.417 e.